The summed E-state index contributed by atoms with van der Waals surface area (Å²) in [7, 11) is 0. The van der Waals surface area contributed by atoms with Gasteiger partial charge in [0.2, 0.25) is 0 Å². The Bertz CT molecular complexity index is 2020. The zero-order valence-corrected chi connectivity index (χ0v) is 23.9. The lowest BCUT2D eigenvalue weighted by atomic mass is 9.96. The summed E-state index contributed by atoms with van der Waals surface area (Å²) in [4.78, 5) is 32.1. The Morgan fingerprint density at radius 2 is 1.90 bits per heavy atom. The van der Waals surface area contributed by atoms with Gasteiger partial charge in [0, 0.05) is 34.2 Å². The number of carbonyl (C=O) groups is 1. The standard InChI is InChI=1S/C32H25ClFN3O3S/c1-3-40-31(39)28-19(2)35-32-37(29(28)21-11-13-24(34)14-12-21)30(38)27(41-32)16-22-18-36(26-10-5-4-9-25(22)26)17-20-7-6-8-23(33)15-20/h4-16,18,29H,3,17H2,1-2H3/b27-16-/t29-/m0/s1. The van der Waals surface area contributed by atoms with Gasteiger partial charge >= 0.3 is 5.97 Å². The number of allylic oxidation sites excluding steroid dienone is 1. The topological polar surface area (TPSA) is 65.6 Å². The molecule has 1 aliphatic rings. The van der Waals surface area contributed by atoms with Crippen LogP contribution in [0.3, 0.4) is 0 Å². The summed E-state index contributed by atoms with van der Waals surface area (Å²) in [5.41, 5.74) is 3.99. The van der Waals surface area contributed by atoms with Crippen LogP contribution in [0.5, 0.6) is 0 Å². The molecule has 9 heteroatoms. The van der Waals surface area contributed by atoms with Gasteiger partial charge in [-0.3, -0.25) is 9.36 Å². The van der Waals surface area contributed by atoms with Crippen molar-refractivity contribution < 1.29 is 13.9 Å². The summed E-state index contributed by atoms with van der Waals surface area (Å²) in [6, 6.07) is 20.8. The molecule has 0 N–H and O–H groups in total. The second kappa shape index (κ2) is 11.0. The summed E-state index contributed by atoms with van der Waals surface area (Å²) >= 11 is 7.47. The van der Waals surface area contributed by atoms with Crippen LogP contribution in [0, 0.1) is 5.82 Å². The van der Waals surface area contributed by atoms with Crippen molar-refractivity contribution in [1.29, 1.82) is 0 Å². The molecule has 3 aromatic carbocycles. The van der Waals surface area contributed by atoms with Gasteiger partial charge in [-0.15, -0.1) is 0 Å². The first-order valence-electron chi connectivity index (χ1n) is 13.1. The SMILES string of the molecule is CCOC(=O)C1=C(C)N=c2s/c(=C\c3cn(Cc4cccc(Cl)c4)c4ccccc34)c(=O)n2[C@H]1c1ccc(F)cc1. The van der Waals surface area contributed by atoms with Crippen LogP contribution < -0.4 is 14.9 Å². The van der Waals surface area contributed by atoms with Gasteiger partial charge in [-0.1, -0.05) is 65.4 Å². The summed E-state index contributed by atoms with van der Waals surface area (Å²) < 4.78 is 23.3. The fourth-order valence-electron chi connectivity index (χ4n) is 5.25. The number of benzene rings is 3. The Morgan fingerprint density at radius 1 is 1.12 bits per heavy atom. The molecule has 0 fully saturated rings. The summed E-state index contributed by atoms with van der Waals surface area (Å²) in [6.07, 6.45) is 3.89. The van der Waals surface area contributed by atoms with Gasteiger partial charge in [-0.25, -0.2) is 14.2 Å². The smallest absolute Gasteiger partial charge is 0.338 e. The molecule has 1 atom stereocenters. The normalized spacial score (nSPS) is 15.2. The van der Waals surface area contributed by atoms with Gasteiger partial charge in [0.25, 0.3) is 5.56 Å². The van der Waals surface area contributed by atoms with E-state index < -0.39 is 17.8 Å². The maximum absolute atomic E-state index is 14.0. The quantitative estimate of drug-likeness (QED) is 0.244. The number of halogens is 2. The number of hydrogen-bond acceptors (Lipinski definition) is 5. The number of aromatic nitrogens is 2. The summed E-state index contributed by atoms with van der Waals surface area (Å²) in [6.45, 7) is 4.24. The van der Waals surface area contributed by atoms with Gasteiger partial charge in [0.15, 0.2) is 4.80 Å². The van der Waals surface area contributed by atoms with Crippen LogP contribution in [-0.2, 0) is 16.1 Å². The highest BCUT2D eigenvalue weighted by molar-refractivity contribution is 7.07. The molecular formula is C32H25ClFN3O3S. The summed E-state index contributed by atoms with van der Waals surface area (Å²) in [5.74, 6) is -0.963. The lowest BCUT2D eigenvalue weighted by Crippen LogP contribution is -2.39. The van der Waals surface area contributed by atoms with E-state index in [-0.39, 0.29) is 17.7 Å². The Hall–Kier alpha value is -4.27. The number of ether oxygens (including phenoxy) is 1. The van der Waals surface area contributed by atoms with Gasteiger partial charge < -0.3 is 9.30 Å². The van der Waals surface area contributed by atoms with Crippen LogP contribution in [0.15, 0.2) is 100 Å². The molecule has 0 spiro atoms. The minimum Gasteiger partial charge on any atom is -0.463 e. The van der Waals surface area contributed by atoms with E-state index in [0.29, 0.717) is 32.2 Å². The van der Waals surface area contributed by atoms with E-state index in [0.717, 1.165) is 22.0 Å². The highest BCUT2D eigenvalue weighted by atomic mass is 35.5. The predicted molar refractivity (Wildman–Crippen MR) is 159 cm³/mol. The molecule has 1 aliphatic heterocycles. The number of nitrogens with zero attached hydrogens (tertiary/aromatic N) is 3. The molecule has 5 aromatic rings. The van der Waals surface area contributed by atoms with E-state index in [9.17, 15) is 14.0 Å². The number of thiazole rings is 1. The first kappa shape index (κ1) is 26.9. The number of hydrogen-bond donors (Lipinski definition) is 0. The number of carbonyl (C=O) groups excluding carboxylic acids is 1. The number of para-hydroxylation sites is 1. The molecule has 0 saturated heterocycles. The molecule has 3 heterocycles. The molecule has 6 nitrogen and oxygen atoms in total. The molecule has 0 aliphatic carbocycles. The average Bonchev–Trinajstić information content (AvgIpc) is 3.45. The molecule has 206 valence electrons. The highest BCUT2D eigenvalue weighted by Crippen LogP contribution is 2.31. The van der Waals surface area contributed by atoms with Crippen LogP contribution >= 0.6 is 22.9 Å². The van der Waals surface area contributed by atoms with Crippen molar-refractivity contribution in [2.75, 3.05) is 6.61 Å². The van der Waals surface area contributed by atoms with Crippen molar-refractivity contribution in [3.63, 3.8) is 0 Å². The van der Waals surface area contributed by atoms with E-state index in [1.54, 1.807) is 26.0 Å². The van der Waals surface area contributed by atoms with Crippen molar-refractivity contribution >= 4 is 45.9 Å². The van der Waals surface area contributed by atoms with Crippen molar-refractivity contribution in [1.82, 2.24) is 9.13 Å². The fraction of sp³-hybridized carbons (Fsp3) is 0.156. The van der Waals surface area contributed by atoms with E-state index in [1.807, 2.05) is 60.8 Å². The van der Waals surface area contributed by atoms with Crippen molar-refractivity contribution in [2.24, 2.45) is 4.99 Å². The number of rotatable bonds is 6. The van der Waals surface area contributed by atoms with E-state index >= 15 is 0 Å². The molecular weight excluding hydrogens is 561 g/mol. The van der Waals surface area contributed by atoms with Crippen molar-refractivity contribution in [3.8, 4) is 0 Å². The van der Waals surface area contributed by atoms with E-state index in [4.69, 9.17) is 16.3 Å². The largest absolute Gasteiger partial charge is 0.463 e. The maximum Gasteiger partial charge on any atom is 0.338 e. The lowest BCUT2D eigenvalue weighted by molar-refractivity contribution is -0.139. The van der Waals surface area contributed by atoms with Gasteiger partial charge in [-0.05, 0) is 61.4 Å². The van der Waals surface area contributed by atoms with Crippen LogP contribution in [0.2, 0.25) is 5.02 Å². The molecule has 0 unspecified atom stereocenters. The van der Waals surface area contributed by atoms with Crippen LogP contribution in [0.1, 0.15) is 36.6 Å². The summed E-state index contributed by atoms with van der Waals surface area (Å²) in [5, 5.41) is 1.67. The highest BCUT2D eigenvalue weighted by Gasteiger charge is 2.33. The Morgan fingerprint density at radius 3 is 2.66 bits per heavy atom. The molecule has 0 saturated carbocycles. The van der Waals surface area contributed by atoms with Crippen LogP contribution in [0.4, 0.5) is 4.39 Å². The van der Waals surface area contributed by atoms with E-state index in [1.165, 1.54) is 28.0 Å². The Labute approximate surface area is 243 Å². The first-order chi connectivity index (χ1) is 19.8. The minimum atomic E-state index is -0.794. The molecule has 6 rings (SSSR count). The predicted octanol–water partition coefficient (Wildman–Crippen LogP) is 5.59. The van der Waals surface area contributed by atoms with Crippen LogP contribution in [-0.4, -0.2) is 21.7 Å². The molecule has 2 aromatic heterocycles. The molecule has 0 amide bonds. The van der Waals surface area contributed by atoms with Gasteiger partial charge in [0.05, 0.1) is 28.5 Å². The molecule has 41 heavy (non-hydrogen) atoms. The Kier molecular flexibility index (Phi) is 7.19. The molecule has 0 radical (unpaired) electrons. The molecule has 0 bridgehead atoms. The average molecular weight is 586 g/mol. The maximum atomic E-state index is 14.0. The second-order valence-electron chi connectivity index (χ2n) is 9.71. The Balaban J connectivity index is 1.51. The van der Waals surface area contributed by atoms with Crippen molar-refractivity contribution in [2.45, 2.75) is 26.4 Å². The van der Waals surface area contributed by atoms with Crippen LogP contribution in [0.25, 0.3) is 17.0 Å². The monoisotopic (exact) mass is 585 g/mol. The van der Waals surface area contributed by atoms with Gasteiger partial charge in [0.1, 0.15) is 5.82 Å². The zero-order chi connectivity index (χ0) is 28.7. The van der Waals surface area contributed by atoms with E-state index in [2.05, 4.69) is 9.56 Å². The second-order valence-corrected chi connectivity index (χ2v) is 11.2. The number of fused-ring (bicyclic) bond motifs is 2. The zero-order valence-electron chi connectivity index (χ0n) is 22.3. The first-order valence-corrected chi connectivity index (χ1v) is 14.3. The third-order valence-electron chi connectivity index (χ3n) is 7.05. The minimum absolute atomic E-state index is 0.176. The third-order valence-corrected chi connectivity index (χ3v) is 8.27. The van der Waals surface area contributed by atoms with Crippen molar-refractivity contribution in [3.05, 3.63) is 137 Å². The number of esters is 1. The van der Waals surface area contributed by atoms with Gasteiger partial charge in [-0.2, -0.15) is 0 Å². The third kappa shape index (κ3) is 5.05. The fourth-order valence-corrected chi connectivity index (χ4v) is 6.50. The lowest BCUT2D eigenvalue weighted by Gasteiger charge is -2.24.